The van der Waals surface area contributed by atoms with Gasteiger partial charge in [0.2, 0.25) is 5.91 Å². The second kappa shape index (κ2) is 5.01. The van der Waals surface area contributed by atoms with Crippen molar-refractivity contribution in [3.05, 3.63) is 29.8 Å². The molecule has 0 saturated heterocycles. The van der Waals surface area contributed by atoms with E-state index in [1.807, 2.05) is 13.8 Å². The van der Waals surface area contributed by atoms with Gasteiger partial charge in [-0.1, -0.05) is 32.0 Å². The van der Waals surface area contributed by atoms with Crippen LogP contribution in [0.15, 0.2) is 24.3 Å². The molecular formula is C14H18N2O3. The Balaban J connectivity index is 2.35. The molecule has 1 aliphatic heterocycles. The van der Waals surface area contributed by atoms with Gasteiger partial charge in [0.25, 0.3) is 0 Å². The smallest absolute Gasteiger partial charge is 0.312 e. The van der Waals surface area contributed by atoms with Gasteiger partial charge in [0, 0.05) is 12.2 Å². The molecule has 0 radical (unpaired) electrons. The van der Waals surface area contributed by atoms with E-state index in [0.717, 1.165) is 0 Å². The minimum absolute atomic E-state index is 0.0172. The molecule has 1 aliphatic rings. The maximum Gasteiger partial charge on any atom is 0.312 e. The average molecular weight is 262 g/mol. The highest BCUT2D eigenvalue weighted by Gasteiger charge is 2.38. The summed E-state index contributed by atoms with van der Waals surface area (Å²) in [6, 6.07) is 6.49. The zero-order valence-corrected chi connectivity index (χ0v) is 11.0. The molecule has 1 aromatic carbocycles. The van der Waals surface area contributed by atoms with Gasteiger partial charge in [0.1, 0.15) is 5.92 Å². The summed E-state index contributed by atoms with van der Waals surface area (Å²) in [5, 5.41) is 9.24. The molecule has 1 heterocycles. The fraction of sp³-hybridized carbons (Fsp3) is 0.429. The average Bonchev–Trinajstić information content (AvgIpc) is 2.76. The van der Waals surface area contributed by atoms with E-state index >= 15 is 0 Å². The van der Waals surface area contributed by atoms with Crippen LogP contribution in [0.1, 0.15) is 25.3 Å². The summed E-state index contributed by atoms with van der Waals surface area (Å²) < 4.78 is 0. The number of hydrogen-bond donors (Lipinski definition) is 2. The molecule has 0 aromatic heterocycles. The number of benzene rings is 1. The molecule has 2 rings (SSSR count). The summed E-state index contributed by atoms with van der Waals surface area (Å²) >= 11 is 0. The molecule has 0 fully saturated rings. The first-order chi connectivity index (χ1) is 8.93. The van der Waals surface area contributed by atoms with Crippen LogP contribution in [0.5, 0.6) is 0 Å². The van der Waals surface area contributed by atoms with Gasteiger partial charge >= 0.3 is 5.97 Å². The van der Waals surface area contributed by atoms with Crippen molar-refractivity contribution in [2.75, 3.05) is 11.4 Å². The highest BCUT2D eigenvalue weighted by Crippen LogP contribution is 2.36. The number of anilines is 1. The number of aliphatic carboxylic acids is 1. The molecule has 0 saturated carbocycles. The van der Waals surface area contributed by atoms with E-state index in [0.29, 0.717) is 11.3 Å². The monoisotopic (exact) mass is 262 g/mol. The number of para-hydroxylation sites is 1. The van der Waals surface area contributed by atoms with Crippen LogP contribution < -0.4 is 10.6 Å². The Morgan fingerprint density at radius 3 is 2.58 bits per heavy atom. The minimum Gasteiger partial charge on any atom is -0.481 e. The lowest BCUT2D eigenvalue weighted by Gasteiger charge is -2.23. The van der Waals surface area contributed by atoms with Crippen molar-refractivity contribution in [2.45, 2.75) is 25.8 Å². The topological polar surface area (TPSA) is 83.6 Å². The number of rotatable bonds is 3. The number of carbonyl (C=O) groups is 2. The summed E-state index contributed by atoms with van der Waals surface area (Å²) in [5.41, 5.74) is 7.22. The van der Waals surface area contributed by atoms with Crippen molar-refractivity contribution in [1.29, 1.82) is 0 Å². The number of hydrogen-bond acceptors (Lipinski definition) is 3. The molecule has 1 aromatic rings. The molecule has 2 atom stereocenters. The van der Waals surface area contributed by atoms with Crippen LogP contribution in [-0.2, 0) is 9.59 Å². The highest BCUT2D eigenvalue weighted by atomic mass is 16.4. The van der Waals surface area contributed by atoms with Crippen LogP contribution in [0.4, 0.5) is 5.69 Å². The Morgan fingerprint density at radius 1 is 1.37 bits per heavy atom. The van der Waals surface area contributed by atoms with Crippen molar-refractivity contribution in [3.63, 3.8) is 0 Å². The fourth-order valence-corrected chi connectivity index (χ4v) is 2.29. The van der Waals surface area contributed by atoms with Crippen molar-refractivity contribution in [2.24, 2.45) is 11.7 Å². The fourth-order valence-electron chi connectivity index (χ4n) is 2.29. The van der Waals surface area contributed by atoms with Gasteiger partial charge in [-0.15, -0.1) is 0 Å². The number of fused-ring (bicyclic) bond motifs is 1. The molecule has 0 aliphatic carbocycles. The summed E-state index contributed by atoms with van der Waals surface area (Å²) in [6.45, 7) is 3.91. The third-order valence-corrected chi connectivity index (χ3v) is 3.54. The van der Waals surface area contributed by atoms with E-state index in [1.165, 1.54) is 4.90 Å². The minimum atomic E-state index is -0.916. The molecule has 102 valence electrons. The van der Waals surface area contributed by atoms with E-state index in [-0.39, 0.29) is 18.4 Å². The van der Waals surface area contributed by atoms with Gasteiger partial charge in [0.05, 0.1) is 6.04 Å². The quantitative estimate of drug-likeness (QED) is 0.857. The van der Waals surface area contributed by atoms with E-state index in [9.17, 15) is 14.7 Å². The van der Waals surface area contributed by atoms with E-state index in [4.69, 9.17) is 5.73 Å². The first-order valence-electron chi connectivity index (χ1n) is 6.32. The van der Waals surface area contributed by atoms with Crippen LogP contribution in [0.3, 0.4) is 0 Å². The van der Waals surface area contributed by atoms with Crippen LogP contribution in [0, 0.1) is 5.92 Å². The summed E-state index contributed by atoms with van der Waals surface area (Å²) in [6.07, 6.45) is 0. The van der Waals surface area contributed by atoms with Gasteiger partial charge in [-0.3, -0.25) is 9.59 Å². The number of carbonyl (C=O) groups excluding carboxylic acids is 1. The molecule has 5 heteroatoms. The Hall–Kier alpha value is -1.88. The third kappa shape index (κ3) is 2.33. The first-order valence-corrected chi connectivity index (χ1v) is 6.32. The number of carboxylic acids is 1. The molecular weight excluding hydrogens is 244 g/mol. The lowest BCUT2D eigenvalue weighted by atomic mass is 10.0. The van der Waals surface area contributed by atoms with Crippen LogP contribution in [0.25, 0.3) is 0 Å². The number of amides is 1. The Kier molecular flexibility index (Phi) is 3.57. The summed E-state index contributed by atoms with van der Waals surface area (Å²) in [7, 11) is 0. The summed E-state index contributed by atoms with van der Waals surface area (Å²) in [5.74, 6) is -1.78. The van der Waals surface area contributed by atoms with Crippen LogP contribution in [0.2, 0.25) is 0 Å². The van der Waals surface area contributed by atoms with Crippen LogP contribution in [-0.4, -0.2) is 29.6 Å². The second-order valence-electron chi connectivity index (χ2n) is 5.17. The predicted octanol–water partition coefficient (Wildman–Crippen LogP) is 1.18. The van der Waals surface area contributed by atoms with Gasteiger partial charge in [0.15, 0.2) is 0 Å². The number of carboxylic acid groups (broad SMARTS) is 1. The zero-order chi connectivity index (χ0) is 14.2. The van der Waals surface area contributed by atoms with E-state index in [2.05, 4.69) is 0 Å². The zero-order valence-electron chi connectivity index (χ0n) is 11.0. The molecule has 19 heavy (non-hydrogen) atoms. The van der Waals surface area contributed by atoms with Gasteiger partial charge in [-0.25, -0.2) is 0 Å². The maximum atomic E-state index is 12.3. The van der Waals surface area contributed by atoms with Crippen molar-refractivity contribution in [3.8, 4) is 0 Å². The highest BCUT2D eigenvalue weighted by molar-refractivity contribution is 6.01. The largest absolute Gasteiger partial charge is 0.481 e. The predicted molar refractivity (Wildman–Crippen MR) is 72.0 cm³/mol. The third-order valence-electron chi connectivity index (χ3n) is 3.54. The SMILES string of the molecule is CC(C)[C@H](N)C(=O)N1CC(C(=O)O)c2ccccc21. The second-order valence-corrected chi connectivity index (χ2v) is 5.17. The molecule has 0 bridgehead atoms. The normalized spacial score (nSPS) is 19.4. The lowest BCUT2D eigenvalue weighted by Crippen LogP contribution is -2.46. The Bertz CT molecular complexity index is 513. The van der Waals surface area contributed by atoms with Gasteiger partial charge in [-0.05, 0) is 17.5 Å². The van der Waals surface area contributed by atoms with Crippen LogP contribution >= 0.6 is 0 Å². The lowest BCUT2D eigenvalue weighted by molar-refractivity contribution is -0.138. The standard InChI is InChI=1S/C14H18N2O3/c1-8(2)12(15)13(17)16-7-10(14(18)19)9-5-3-4-6-11(9)16/h3-6,8,10,12H,7,15H2,1-2H3,(H,18,19)/t10?,12-/m0/s1. The summed E-state index contributed by atoms with van der Waals surface area (Å²) in [4.78, 5) is 25.1. The molecule has 1 amide bonds. The molecule has 0 spiro atoms. The number of nitrogens with zero attached hydrogens (tertiary/aromatic N) is 1. The van der Waals surface area contributed by atoms with E-state index in [1.54, 1.807) is 24.3 Å². The Morgan fingerprint density at radius 2 is 2.00 bits per heavy atom. The molecule has 1 unspecified atom stereocenters. The maximum absolute atomic E-state index is 12.3. The molecule has 3 N–H and O–H groups in total. The van der Waals surface area contributed by atoms with Gasteiger partial charge in [-0.2, -0.15) is 0 Å². The Labute approximate surface area is 112 Å². The van der Waals surface area contributed by atoms with Crippen molar-refractivity contribution >= 4 is 17.6 Å². The molecule has 5 nitrogen and oxygen atoms in total. The first kappa shape index (κ1) is 13.5. The van der Waals surface area contributed by atoms with Gasteiger partial charge < -0.3 is 15.7 Å². The number of nitrogens with two attached hydrogens (primary N) is 1. The van der Waals surface area contributed by atoms with E-state index < -0.39 is 17.9 Å². The van der Waals surface area contributed by atoms with Crippen molar-refractivity contribution < 1.29 is 14.7 Å². The van der Waals surface area contributed by atoms with Crippen molar-refractivity contribution in [1.82, 2.24) is 0 Å².